The number of nitrogens with zero attached hydrogens (tertiary/aromatic N) is 1. The largest absolute Gasteiger partial charge is 0.463 e. The van der Waals surface area contributed by atoms with Crippen LogP contribution in [0.25, 0.3) is 0 Å². The number of rotatable bonds is 22. The van der Waals surface area contributed by atoms with E-state index in [9.17, 15) is 18.8 Å². The molecular weight excluding hydrogens is 551 g/mol. The Labute approximate surface area is 255 Å². The molecule has 3 rings (SSSR count). The molecule has 240 valence electrons. The quantitative estimate of drug-likeness (QED) is 0.112. The fourth-order valence-electron chi connectivity index (χ4n) is 5.54. The molecule has 1 unspecified atom stereocenters. The highest BCUT2D eigenvalue weighted by atomic mass is 19.1. The standard InChI is InChI=1S/C34H51FN2O6/c1-2-3-4-5-6-7-8-9-10-11-12-13-14-15-19-22-32(38)42-26-30-29(41-25-27-20-17-16-18-21-27)23-31(43-30)37-24-28(35)33(39)36-34(37)40/h16-18,20-21,24,29-31H,2-15,19,22-23,25-26H2,1H3,(H,36,39,40)/t29?,30-,31-/m0/s1. The van der Waals surface area contributed by atoms with E-state index in [0.29, 0.717) is 13.0 Å². The van der Waals surface area contributed by atoms with Crippen molar-refractivity contribution in [3.63, 3.8) is 0 Å². The normalized spacial score (nSPS) is 18.2. The molecule has 1 aliphatic heterocycles. The van der Waals surface area contributed by atoms with Crippen LogP contribution in [0.15, 0.2) is 46.1 Å². The summed E-state index contributed by atoms with van der Waals surface area (Å²) < 4.78 is 32.5. The van der Waals surface area contributed by atoms with Gasteiger partial charge < -0.3 is 14.2 Å². The predicted molar refractivity (Wildman–Crippen MR) is 165 cm³/mol. The average Bonchev–Trinajstić information content (AvgIpc) is 3.42. The fraction of sp³-hybridized carbons (Fsp3) is 0.676. The second-order valence-electron chi connectivity index (χ2n) is 11.7. The molecule has 1 N–H and O–H groups in total. The van der Waals surface area contributed by atoms with E-state index >= 15 is 0 Å². The Morgan fingerprint density at radius 3 is 2.09 bits per heavy atom. The Hall–Kier alpha value is -2.78. The van der Waals surface area contributed by atoms with Crippen LogP contribution < -0.4 is 11.2 Å². The molecule has 9 heteroatoms. The summed E-state index contributed by atoms with van der Waals surface area (Å²) in [6, 6.07) is 9.60. The minimum atomic E-state index is -1.08. The summed E-state index contributed by atoms with van der Waals surface area (Å²) in [7, 11) is 0. The summed E-state index contributed by atoms with van der Waals surface area (Å²) in [5.74, 6) is -1.38. The first kappa shape index (κ1) is 34.7. The highest BCUT2D eigenvalue weighted by Gasteiger charge is 2.38. The number of benzene rings is 1. The monoisotopic (exact) mass is 602 g/mol. The maximum atomic E-state index is 13.9. The molecule has 0 amide bonds. The van der Waals surface area contributed by atoms with E-state index in [1.165, 1.54) is 77.0 Å². The Morgan fingerprint density at radius 2 is 1.49 bits per heavy atom. The van der Waals surface area contributed by atoms with Crippen LogP contribution in [0, 0.1) is 5.82 Å². The van der Waals surface area contributed by atoms with Crippen molar-refractivity contribution in [1.82, 2.24) is 9.55 Å². The molecule has 1 aromatic carbocycles. The van der Waals surface area contributed by atoms with Gasteiger partial charge in [-0.2, -0.15) is 4.39 Å². The molecule has 2 aromatic rings. The zero-order valence-electron chi connectivity index (χ0n) is 25.9. The van der Waals surface area contributed by atoms with Crippen molar-refractivity contribution < 1.29 is 23.4 Å². The third-order valence-electron chi connectivity index (χ3n) is 8.12. The maximum absolute atomic E-state index is 13.9. The van der Waals surface area contributed by atoms with E-state index in [0.717, 1.165) is 35.6 Å². The minimum absolute atomic E-state index is 0.0336. The number of ether oxygens (including phenoxy) is 3. The molecule has 0 spiro atoms. The van der Waals surface area contributed by atoms with Crippen LogP contribution in [0.2, 0.25) is 0 Å². The topological polar surface area (TPSA) is 99.6 Å². The van der Waals surface area contributed by atoms with Crippen LogP contribution in [0.1, 0.15) is 128 Å². The number of unbranched alkanes of at least 4 members (excludes halogenated alkanes) is 14. The number of esters is 1. The Kier molecular flexibility index (Phi) is 16.3. The summed E-state index contributed by atoms with van der Waals surface area (Å²) >= 11 is 0. The summed E-state index contributed by atoms with van der Waals surface area (Å²) in [5.41, 5.74) is -0.897. The SMILES string of the molecule is CCCCCCCCCCCCCCCCCC(=O)OC[C@@H]1O[C@H](n2cc(F)c(=O)[nH]c2=O)CC1OCc1ccccc1. The van der Waals surface area contributed by atoms with Gasteiger partial charge in [0, 0.05) is 12.8 Å². The number of halogens is 1. The van der Waals surface area contributed by atoms with Gasteiger partial charge >= 0.3 is 11.7 Å². The van der Waals surface area contributed by atoms with E-state index in [1.807, 2.05) is 35.3 Å². The van der Waals surface area contributed by atoms with Crippen molar-refractivity contribution in [3.05, 3.63) is 68.7 Å². The van der Waals surface area contributed by atoms with Gasteiger partial charge in [0.25, 0.3) is 5.56 Å². The van der Waals surface area contributed by atoms with Gasteiger partial charge in [0.15, 0.2) is 0 Å². The lowest BCUT2D eigenvalue weighted by Crippen LogP contribution is -2.34. The summed E-state index contributed by atoms with van der Waals surface area (Å²) in [6.45, 7) is 2.53. The number of nitrogens with one attached hydrogen (secondary N) is 1. The molecular formula is C34H51FN2O6. The van der Waals surface area contributed by atoms with Crippen molar-refractivity contribution in [2.24, 2.45) is 0 Å². The first-order valence-corrected chi connectivity index (χ1v) is 16.5. The zero-order chi connectivity index (χ0) is 30.7. The van der Waals surface area contributed by atoms with E-state index < -0.39 is 35.5 Å². The summed E-state index contributed by atoms with van der Waals surface area (Å²) in [4.78, 5) is 38.1. The van der Waals surface area contributed by atoms with Crippen LogP contribution in [0.3, 0.4) is 0 Å². The molecule has 1 aliphatic rings. The molecule has 0 saturated carbocycles. The molecule has 0 bridgehead atoms. The maximum Gasteiger partial charge on any atom is 0.330 e. The molecule has 1 saturated heterocycles. The Morgan fingerprint density at radius 1 is 0.907 bits per heavy atom. The van der Waals surface area contributed by atoms with E-state index in [1.54, 1.807) is 0 Å². The fourth-order valence-corrected chi connectivity index (χ4v) is 5.54. The van der Waals surface area contributed by atoms with Crippen LogP contribution >= 0.6 is 0 Å². The number of aromatic amines is 1. The molecule has 43 heavy (non-hydrogen) atoms. The van der Waals surface area contributed by atoms with Gasteiger partial charge in [-0.1, -0.05) is 127 Å². The summed E-state index contributed by atoms with van der Waals surface area (Å²) in [6.07, 6.45) is 18.4. The van der Waals surface area contributed by atoms with Crippen molar-refractivity contribution in [1.29, 1.82) is 0 Å². The van der Waals surface area contributed by atoms with Gasteiger partial charge in [0.1, 0.15) is 18.9 Å². The Balaban J connectivity index is 1.32. The second kappa shape index (κ2) is 20.2. The van der Waals surface area contributed by atoms with Crippen molar-refractivity contribution in [3.8, 4) is 0 Å². The van der Waals surface area contributed by atoms with Crippen LogP contribution in [0.5, 0.6) is 0 Å². The first-order valence-electron chi connectivity index (χ1n) is 16.5. The molecule has 0 aliphatic carbocycles. The number of hydrogen-bond acceptors (Lipinski definition) is 6. The lowest BCUT2D eigenvalue weighted by Gasteiger charge is -2.19. The highest BCUT2D eigenvalue weighted by Crippen LogP contribution is 2.31. The summed E-state index contributed by atoms with van der Waals surface area (Å²) in [5, 5.41) is 0. The third-order valence-corrected chi connectivity index (χ3v) is 8.12. The van der Waals surface area contributed by atoms with Gasteiger partial charge in [-0.25, -0.2) is 4.79 Å². The van der Waals surface area contributed by atoms with Gasteiger partial charge in [0.05, 0.1) is 18.9 Å². The molecule has 8 nitrogen and oxygen atoms in total. The molecule has 1 fully saturated rings. The van der Waals surface area contributed by atoms with E-state index in [-0.39, 0.29) is 19.0 Å². The van der Waals surface area contributed by atoms with Crippen molar-refractivity contribution >= 4 is 5.97 Å². The van der Waals surface area contributed by atoms with Crippen molar-refractivity contribution in [2.45, 2.75) is 141 Å². The first-order chi connectivity index (χ1) is 21.0. The number of carbonyl (C=O) groups excluding carboxylic acids is 1. The lowest BCUT2D eigenvalue weighted by molar-refractivity contribution is -0.151. The molecule has 3 atom stereocenters. The second-order valence-corrected chi connectivity index (χ2v) is 11.7. The van der Waals surface area contributed by atoms with E-state index in [2.05, 4.69) is 6.92 Å². The lowest BCUT2D eigenvalue weighted by atomic mass is 10.0. The smallest absolute Gasteiger partial charge is 0.330 e. The number of H-pyrrole nitrogens is 1. The average molecular weight is 603 g/mol. The third kappa shape index (κ3) is 13.2. The molecule has 0 radical (unpaired) electrons. The number of carbonyl (C=O) groups is 1. The Bertz CT molecular complexity index is 1170. The van der Waals surface area contributed by atoms with Crippen molar-refractivity contribution in [2.75, 3.05) is 6.61 Å². The van der Waals surface area contributed by atoms with Crippen LogP contribution in [0.4, 0.5) is 4.39 Å². The minimum Gasteiger partial charge on any atom is -0.463 e. The number of hydrogen-bond donors (Lipinski definition) is 1. The van der Waals surface area contributed by atoms with Gasteiger partial charge in [-0.3, -0.25) is 19.1 Å². The number of aromatic nitrogens is 2. The van der Waals surface area contributed by atoms with Gasteiger partial charge in [-0.05, 0) is 12.0 Å². The zero-order valence-corrected chi connectivity index (χ0v) is 25.9. The molecule has 2 heterocycles. The van der Waals surface area contributed by atoms with E-state index in [4.69, 9.17) is 14.2 Å². The molecule has 1 aromatic heterocycles. The van der Waals surface area contributed by atoms with Gasteiger partial charge in [0.2, 0.25) is 5.82 Å². The predicted octanol–water partition coefficient (Wildman–Crippen LogP) is 7.35. The van der Waals surface area contributed by atoms with Gasteiger partial charge in [-0.15, -0.1) is 0 Å². The van der Waals surface area contributed by atoms with Crippen LogP contribution in [-0.2, 0) is 25.6 Å². The highest BCUT2D eigenvalue weighted by molar-refractivity contribution is 5.69. The van der Waals surface area contributed by atoms with Crippen LogP contribution in [-0.4, -0.2) is 34.3 Å².